The van der Waals surface area contributed by atoms with Gasteiger partial charge in [0, 0.05) is 45.8 Å². The summed E-state index contributed by atoms with van der Waals surface area (Å²) in [4.78, 5) is 9.15. The van der Waals surface area contributed by atoms with Crippen LogP contribution in [-0.4, -0.2) is 32.9 Å². The first-order valence-electron chi connectivity index (χ1n) is 14.4. The van der Waals surface area contributed by atoms with E-state index in [2.05, 4.69) is 87.5 Å². The number of aromatic nitrogens is 3. The molecule has 0 radical (unpaired) electrons. The Balaban J connectivity index is 1.40. The predicted octanol–water partition coefficient (Wildman–Crippen LogP) is 7.70. The van der Waals surface area contributed by atoms with Gasteiger partial charge in [-0.1, -0.05) is 48.9 Å². The first-order valence-corrected chi connectivity index (χ1v) is 14.8. The van der Waals surface area contributed by atoms with Gasteiger partial charge in [0.25, 0.3) is 0 Å². The summed E-state index contributed by atoms with van der Waals surface area (Å²) in [6, 6.07) is 21.3. The number of para-hydroxylation sites is 1. The van der Waals surface area contributed by atoms with Crippen LogP contribution in [0.1, 0.15) is 51.4 Å². The average Bonchev–Trinajstić information content (AvgIpc) is 3.33. The van der Waals surface area contributed by atoms with Gasteiger partial charge < -0.3 is 13.9 Å². The van der Waals surface area contributed by atoms with Crippen molar-refractivity contribution in [2.75, 3.05) is 0 Å². The first-order chi connectivity index (χ1) is 19.4. The molecule has 0 bridgehead atoms. The Morgan fingerprint density at radius 3 is 2.39 bits per heavy atom. The van der Waals surface area contributed by atoms with E-state index in [-0.39, 0.29) is 0 Å². The Labute approximate surface area is 248 Å². The monoisotopic (exact) mass is 565 g/mol. The van der Waals surface area contributed by atoms with Crippen LogP contribution in [0.2, 0.25) is 5.15 Å². The zero-order valence-electron chi connectivity index (χ0n) is 25.0. The molecule has 4 heterocycles. The summed E-state index contributed by atoms with van der Waals surface area (Å²) in [5.41, 5.74) is 8.03. The van der Waals surface area contributed by atoms with E-state index in [9.17, 15) is 0 Å². The molecule has 7 heteroatoms. The van der Waals surface area contributed by atoms with Crippen molar-refractivity contribution in [1.82, 2.24) is 14.5 Å². The molecule has 5 aromatic rings. The van der Waals surface area contributed by atoms with Gasteiger partial charge in [0.1, 0.15) is 5.15 Å². The number of rotatable bonds is 6. The van der Waals surface area contributed by atoms with Gasteiger partial charge in [-0.2, -0.15) is 0 Å². The fourth-order valence-corrected chi connectivity index (χ4v) is 6.21. The van der Waals surface area contributed by atoms with Gasteiger partial charge in [-0.3, -0.25) is 4.98 Å². The van der Waals surface area contributed by atoms with Gasteiger partial charge in [-0.05, 0) is 101 Å². The number of hydrogen-bond acceptors (Lipinski definition) is 4. The predicted molar refractivity (Wildman–Crippen MR) is 170 cm³/mol. The minimum Gasteiger partial charge on any atom is -0.399 e. The quantitative estimate of drug-likeness (QED) is 0.156. The second-order valence-electron chi connectivity index (χ2n) is 12.6. The van der Waals surface area contributed by atoms with Crippen LogP contribution >= 0.6 is 11.6 Å². The molecule has 1 unspecified atom stereocenters. The van der Waals surface area contributed by atoms with Crippen molar-refractivity contribution in [2.45, 2.75) is 72.6 Å². The third-order valence-electron chi connectivity index (χ3n) is 8.80. The highest BCUT2D eigenvalue weighted by Gasteiger charge is 2.51. The summed E-state index contributed by atoms with van der Waals surface area (Å²) in [5, 5.41) is 3.05. The topological polar surface area (TPSA) is 49.2 Å². The van der Waals surface area contributed by atoms with Crippen molar-refractivity contribution >= 4 is 46.0 Å². The lowest BCUT2D eigenvalue weighted by Gasteiger charge is -2.32. The smallest absolute Gasteiger partial charge is 0.399 e. The van der Waals surface area contributed by atoms with Crippen LogP contribution in [0.5, 0.6) is 0 Å². The van der Waals surface area contributed by atoms with Crippen molar-refractivity contribution in [1.29, 1.82) is 0 Å². The molecule has 0 aliphatic carbocycles. The minimum atomic E-state index is -0.407. The number of aryl methyl sites for hydroxylation is 2. The van der Waals surface area contributed by atoms with E-state index in [4.69, 9.17) is 25.9 Å². The van der Waals surface area contributed by atoms with E-state index in [1.54, 1.807) is 0 Å². The lowest BCUT2D eigenvalue weighted by Crippen LogP contribution is -2.41. The molecule has 1 aliphatic heterocycles. The van der Waals surface area contributed by atoms with Crippen LogP contribution in [0.4, 0.5) is 0 Å². The largest absolute Gasteiger partial charge is 0.494 e. The summed E-state index contributed by atoms with van der Waals surface area (Å²) < 4.78 is 15.4. The van der Waals surface area contributed by atoms with Crippen LogP contribution in [0, 0.1) is 19.8 Å². The van der Waals surface area contributed by atoms with E-state index in [0.29, 0.717) is 11.1 Å². The Hall–Kier alpha value is -3.19. The number of halogens is 1. The van der Waals surface area contributed by atoms with Crippen molar-refractivity contribution in [3.8, 4) is 11.3 Å². The number of nitrogens with zero attached hydrogens (tertiary/aromatic N) is 3. The van der Waals surface area contributed by atoms with Crippen molar-refractivity contribution < 1.29 is 9.31 Å². The number of fused-ring (bicyclic) bond motifs is 3. The standard InChI is InChI=1S/C34H37BClN3O2/c1-21(15-24-17-31(36)37-19-27(24)28-13-10-11-23(3)38-28)20-39-29-14-9-8-12-26(29)32-22(2)16-25(18-30(32)39)35-40-33(4,5)34(6,7)41-35/h8-14,16-19,21H,15,20H2,1-7H3. The number of pyridine rings is 2. The third kappa shape index (κ3) is 5.07. The highest BCUT2D eigenvalue weighted by atomic mass is 35.5. The summed E-state index contributed by atoms with van der Waals surface area (Å²) in [6.07, 6.45) is 2.70. The molecule has 41 heavy (non-hydrogen) atoms. The summed E-state index contributed by atoms with van der Waals surface area (Å²) in [6.45, 7) is 15.7. The maximum absolute atomic E-state index is 6.45. The third-order valence-corrected chi connectivity index (χ3v) is 9.01. The molecule has 0 N–H and O–H groups in total. The Kier molecular flexibility index (Phi) is 7.00. The van der Waals surface area contributed by atoms with Gasteiger partial charge in [0.15, 0.2) is 0 Å². The molecule has 1 saturated heterocycles. The molecule has 1 fully saturated rings. The maximum Gasteiger partial charge on any atom is 0.494 e. The highest BCUT2D eigenvalue weighted by Crippen LogP contribution is 2.38. The fourth-order valence-electron chi connectivity index (χ4n) is 6.03. The van der Waals surface area contributed by atoms with Crippen LogP contribution in [-0.2, 0) is 22.3 Å². The zero-order valence-corrected chi connectivity index (χ0v) is 25.7. The fraction of sp³-hybridized carbons (Fsp3) is 0.353. The van der Waals surface area contributed by atoms with E-state index < -0.39 is 18.3 Å². The van der Waals surface area contributed by atoms with Crippen molar-refractivity contribution in [3.63, 3.8) is 0 Å². The molecule has 5 nitrogen and oxygen atoms in total. The molecule has 0 saturated carbocycles. The number of benzene rings is 2. The lowest BCUT2D eigenvalue weighted by atomic mass is 9.77. The normalized spacial score (nSPS) is 17.0. The highest BCUT2D eigenvalue weighted by molar-refractivity contribution is 6.62. The van der Waals surface area contributed by atoms with Crippen molar-refractivity contribution in [3.05, 3.63) is 88.8 Å². The Morgan fingerprint density at radius 1 is 0.927 bits per heavy atom. The molecule has 0 spiro atoms. The molecular formula is C34H37BClN3O2. The molecular weight excluding hydrogens is 529 g/mol. The van der Waals surface area contributed by atoms with Crippen LogP contribution in [0.15, 0.2) is 66.9 Å². The maximum atomic E-state index is 6.45. The molecule has 2 aromatic carbocycles. The number of hydrogen-bond donors (Lipinski definition) is 0. The van der Waals surface area contributed by atoms with E-state index in [0.717, 1.165) is 40.9 Å². The Bertz CT molecular complexity index is 1760. The van der Waals surface area contributed by atoms with E-state index in [1.807, 2.05) is 37.4 Å². The van der Waals surface area contributed by atoms with Gasteiger partial charge in [0.2, 0.25) is 0 Å². The second kappa shape index (κ2) is 10.3. The van der Waals surface area contributed by atoms with Gasteiger partial charge in [-0.15, -0.1) is 0 Å². The molecule has 1 aliphatic rings. The van der Waals surface area contributed by atoms with Crippen molar-refractivity contribution in [2.24, 2.45) is 5.92 Å². The summed E-state index contributed by atoms with van der Waals surface area (Å²) in [5.74, 6) is 0.317. The molecule has 1 atom stereocenters. The van der Waals surface area contributed by atoms with Crippen LogP contribution in [0.25, 0.3) is 33.1 Å². The van der Waals surface area contributed by atoms with Crippen LogP contribution in [0.3, 0.4) is 0 Å². The van der Waals surface area contributed by atoms with Gasteiger partial charge >= 0.3 is 7.12 Å². The van der Waals surface area contributed by atoms with Crippen LogP contribution < -0.4 is 5.46 Å². The van der Waals surface area contributed by atoms with E-state index >= 15 is 0 Å². The molecule has 3 aromatic heterocycles. The average molecular weight is 566 g/mol. The van der Waals surface area contributed by atoms with Gasteiger partial charge in [-0.25, -0.2) is 4.98 Å². The zero-order chi connectivity index (χ0) is 29.1. The molecule has 210 valence electrons. The molecule has 6 rings (SSSR count). The van der Waals surface area contributed by atoms with E-state index in [1.165, 1.54) is 27.4 Å². The lowest BCUT2D eigenvalue weighted by molar-refractivity contribution is 0.00578. The summed E-state index contributed by atoms with van der Waals surface area (Å²) in [7, 11) is -0.407. The molecule has 0 amide bonds. The second-order valence-corrected chi connectivity index (χ2v) is 13.0. The summed E-state index contributed by atoms with van der Waals surface area (Å²) >= 11 is 6.39. The SMILES string of the molecule is Cc1cccc(-c2cnc(Cl)cc2CC(C)Cn2c3ccccc3c3c(C)cc(B4OC(C)(C)C(C)(C)O4)cc32)n1. The van der Waals surface area contributed by atoms with Gasteiger partial charge in [0.05, 0.1) is 16.9 Å². The Morgan fingerprint density at radius 2 is 1.66 bits per heavy atom. The minimum absolute atomic E-state index is 0.317. The first kappa shape index (κ1) is 28.0.